The van der Waals surface area contributed by atoms with E-state index in [1.54, 1.807) is 7.11 Å². The smallest absolute Gasteiger partial charge is 0.249 e. The minimum Gasteiger partial charge on any atom is -0.494 e. The fourth-order valence-electron chi connectivity index (χ4n) is 3.97. The van der Waals surface area contributed by atoms with Crippen molar-refractivity contribution >= 4 is 54.7 Å². The molecule has 5 nitrogen and oxygen atoms in total. The molecule has 0 saturated heterocycles. The Morgan fingerprint density at radius 3 is 2.38 bits per heavy atom. The van der Waals surface area contributed by atoms with Crippen LogP contribution in [0.2, 0.25) is 0 Å². The highest BCUT2D eigenvalue weighted by molar-refractivity contribution is 9.11. The molecule has 0 radical (unpaired) electrons. The molecule has 2 unspecified atom stereocenters. The molecule has 1 aliphatic heterocycles. The van der Waals surface area contributed by atoms with Gasteiger partial charge in [0.25, 0.3) is 0 Å². The van der Waals surface area contributed by atoms with E-state index in [0.29, 0.717) is 0 Å². The quantitative estimate of drug-likeness (QED) is 0.622. The van der Waals surface area contributed by atoms with E-state index in [2.05, 4.69) is 71.6 Å². The Bertz CT molecular complexity index is 1010. The molecule has 2 aromatic rings. The summed E-state index contributed by atoms with van der Waals surface area (Å²) < 4.78 is 7.18. The number of amides is 1. The van der Waals surface area contributed by atoms with Crippen LogP contribution in [-0.4, -0.2) is 32.8 Å². The normalized spacial score (nSPS) is 20.5. The lowest BCUT2D eigenvalue weighted by atomic mass is 9.73. The summed E-state index contributed by atoms with van der Waals surface area (Å²) in [4.78, 5) is 14.6. The maximum atomic E-state index is 12.5. The number of methoxy groups -OCH3 is 1. The summed E-state index contributed by atoms with van der Waals surface area (Å²) in [5.41, 5.74) is 7.94. The van der Waals surface area contributed by atoms with E-state index >= 15 is 0 Å². The number of anilines is 1. The SMILES string of the molecule is COc1c(Br)cc(C2=CC3=NNC(=O)C3C(c3ccc(N(C)C)cc3)C2)cc1Br. The zero-order valence-electron chi connectivity index (χ0n) is 16.4. The molecule has 0 spiro atoms. The van der Waals surface area contributed by atoms with Crippen LogP contribution in [-0.2, 0) is 4.79 Å². The number of halogens is 2. The van der Waals surface area contributed by atoms with Gasteiger partial charge < -0.3 is 9.64 Å². The lowest BCUT2D eigenvalue weighted by Gasteiger charge is -2.29. The Kier molecular flexibility index (Phi) is 5.53. The minimum atomic E-state index is -0.255. The summed E-state index contributed by atoms with van der Waals surface area (Å²) in [7, 11) is 5.68. The average molecular weight is 519 g/mol. The summed E-state index contributed by atoms with van der Waals surface area (Å²) in [6.07, 6.45) is 2.79. The third-order valence-corrected chi connectivity index (χ3v) is 6.65. The van der Waals surface area contributed by atoms with Gasteiger partial charge in [-0.1, -0.05) is 12.1 Å². The van der Waals surface area contributed by atoms with Gasteiger partial charge in [0, 0.05) is 25.7 Å². The van der Waals surface area contributed by atoms with Gasteiger partial charge in [0.2, 0.25) is 5.91 Å². The number of carbonyl (C=O) groups is 1. The second-order valence-electron chi connectivity index (χ2n) is 7.43. The van der Waals surface area contributed by atoms with Crippen molar-refractivity contribution in [3.8, 4) is 5.75 Å². The van der Waals surface area contributed by atoms with E-state index in [0.717, 1.165) is 49.2 Å². The summed E-state index contributed by atoms with van der Waals surface area (Å²) >= 11 is 7.18. The molecule has 29 heavy (non-hydrogen) atoms. The standard InChI is InChI=1S/C22H21Br2N3O2/c1-27(2)15-6-4-12(5-7-15)16-8-13(11-19-20(16)22(28)26-25-19)14-9-17(23)21(29-3)18(24)10-14/h4-7,9-11,16,20H,8H2,1-3H3,(H,26,28). The number of fused-ring (bicyclic) bond motifs is 1. The van der Waals surface area contributed by atoms with Gasteiger partial charge in [0.1, 0.15) is 5.75 Å². The zero-order chi connectivity index (χ0) is 20.7. The van der Waals surface area contributed by atoms with Gasteiger partial charge in [-0.2, -0.15) is 5.10 Å². The third-order valence-electron chi connectivity index (χ3n) is 5.47. The van der Waals surface area contributed by atoms with E-state index < -0.39 is 0 Å². The predicted molar refractivity (Wildman–Crippen MR) is 124 cm³/mol. The molecule has 0 saturated carbocycles. The van der Waals surface area contributed by atoms with Crippen molar-refractivity contribution in [2.45, 2.75) is 12.3 Å². The van der Waals surface area contributed by atoms with Gasteiger partial charge in [-0.3, -0.25) is 4.79 Å². The first-order valence-corrected chi connectivity index (χ1v) is 10.9. The van der Waals surface area contributed by atoms with E-state index in [1.165, 1.54) is 0 Å². The van der Waals surface area contributed by atoms with Crippen LogP contribution in [0.4, 0.5) is 5.69 Å². The molecule has 2 aliphatic rings. The van der Waals surface area contributed by atoms with Gasteiger partial charge >= 0.3 is 0 Å². The molecule has 1 amide bonds. The lowest BCUT2D eigenvalue weighted by molar-refractivity contribution is -0.122. The maximum Gasteiger partial charge on any atom is 0.249 e. The van der Waals surface area contributed by atoms with Crippen LogP contribution in [0.15, 0.2) is 56.5 Å². The summed E-state index contributed by atoms with van der Waals surface area (Å²) in [5.74, 6) is 0.504. The first-order chi connectivity index (χ1) is 13.9. The number of hydrazone groups is 1. The van der Waals surface area contributed by atoms with Crippen LogP contribution in [0.5, 0.6) is 5.75 Å². The van der Waals surface area contributed by atoms with Gasteiger partial charge in [-0.15, -0.1) is 0 Å². The molecule has 0 fully saturated rings. The number of hydrogen-bond donors (Lipinski definition) is 1. The van der Waals surface area contributed by atoms with Crippen molar-refractivity contribution in [3.05, 3.63) is 62.5 Å². The number of ether oxygens (including phenoxy) is 1. The molecule has 150 valence electrons. The fraction of sp³-hybridized carbons (Fsp3) is 0.273. The van der Waals surface area contributed by atoms with Crippen molar-refractivity contribution in [3.63, 3.8) is 0 Å². The number of allylic oxidation sites excluding steroid dienone is 2. The zero-order valence-corrected chi connectivity index (χ0v) is 19.5. The summed E-state index contributed by atoms with van der Waals surface area (Å²) in [6, 6.07) is 12.5. The van der Waals surface area contributed by atoms with Gasteiger partial charge in [-0.05, 0) is 85.3 Å². The van der Waals surface area contributed by atoms with Crippen molar-refractivity contribution in [2.24, 2.45) is 11.0 Å². The van der Waals surface area contributed by atoms with Crippen molar-refractivity contribution < 1.29 is 9.53 Å². The summed E-state index contributed by atoms with van der Waals surface area (Å²) in [6.45, 7) is 0. The Morgan fingerprint density at radius 1 is 1.14 bits per heavy atom. The molecular weight excluding hydrogens is 498 g/mol. The average Bonchev–Trinajstić information content (AvgIpc) is 3.08. The van der Waals surface area contributed by atoms with E-state index in [4.69, 9.17) is 4.74 Å². The second-order valence-corrected chi connectivity index (χ2v) is 9.14. The molecule has 2 aromatic carbocycles. The Morgan fingerprint density at radius 2 is 1.79 bits per heavy atom. The number of hydrogen-bond acceptors (Lipinski definition) is 4. The highest BCUT2D eigenvalue weighted by Gasteiger charge is 2.40. The Hall–Kier alpha value is -2.12. The molecule has 0 bridgehead atoms. The number of carbonyl (C=O) groups excluding carboxylic acids is 1. The van der Waals surface area contributed by atoms with Crippen LogP contribution >= 0.6 is 31.9 Å². The van der Waals surface area contributed by atoms with Crippen molar-refractivity contribution in [1.29, 1.82) is 0 Å². The summed E-state index contributed by atoms with van der Waals surface area (Å²) in [5, 5.41) is 4.30. The topological polar surface area (TPSA) is 53.9 Å². The molecule has 0 aromatic heterocycles. The highest BCUT2D eigenvalue weighted by atomic mass is 79.9. The Labute approximate surface area is 187 Å². The monoisotopic (exact) mass is 517 g/mol. The maximum absolute atomic E-state index is 12.5. The molecule has 1 N–H and O–H groups in total. The van der Waals surface area contributed by atoms with Gasteiger partial charge in [0.15, 0.2) is 0 Å². The first-order valence-electron chi connectivity index (χ1n) is 9.27. The number of benzene rings is 2. The van der Waals surface area contributed by atoms with Gasteiger partial charge in [-0.25, -0.2) is 5.43 Å². The van der Waals surface area contributed by atoms with Crippen LogP contribution < -0.4 is 15.1 Å². The first kappa shape index (κ1) is 20.2. The second kappa shape index (κ2) is 7.95. The molecule has 4 rings (SSSR count). The molecule has 7 heteroatoms. The number of nitrogens with zero attached hydrogens (tertiary/aromatic N) is 2. The van der Waals surface area contributed by atoms with Crippen LogP contribution in [0, 0.1) is 5.92 Å². The van der Waals surface area contributed by atoms with Crippen LogP contribution in [0.25, 0.3) is 5.57 Å². The van der Waals surface area contributed by atoms with Crippen molar-refractivity contribution in [2.75, 3.05) is 26.1 Å². The molecular formula is C22H21Br2N3O2. The molecule has 1 aliphatic carbocycles. The Balaban J connectivity index is 1.74. The van der Waals surface area contributed by atoms with E-state index in [-0.39, 0.29) is 17.7 Å². The lowest BCUT2D eigenvalue weighted by Crippen LogP contribution is -2.31. The van der Waals surface area contributed by atoms with Crippen LogP contribution in [0.1, 0.15) is 23.5 Å². The van der Waals surface area contributed by atoms with Gasteiger partial charge in [0.05, 0.1) is 27.7 Å². The van der Waals surface area contributed by atoms with Crippen LogP contribution in [0.3, 0.4) is 0 Å². The fourth-order valence-corrected chi connectivity index (χ4v) is 5.48. The third kappa shape index (κ3) is 3.73. The molecule has 2 atom stereocenters. The van der Waals surface area contributed by atoms with E-state index in [1.807, 2.05) is 32.3 Å². The minimum absolute atomic E-state index is 0.0333. The largest absolute Gasteiger partial charge is 0.494 e. The number of rotatable bonds is 4. The van der Waals surface area contributed by atoms with Crippen molar-refractivity contribution in [1.82, 2.24) is 5.43 Å². The molecule has 1 heterocycles. The van der Waals surface area contributed by atoms with E-state index in [9.17, 15) is 4.79 Å². The highest BCUT2D eigenvalue weighted by Crippen LogP contribution is 2.44. The predicted octanol–water partition coefficient (Wildman–Crippen LogP) is 4.96. The number of nitrogens with one attached hydrogen (secondary N) is 1.